The third-order valence-corrected chi connectivity index (χ3v) is 5.43. The Morgan fingerprint density at radius 1 is 1.25 bits per heavy atom. The predicted molar refractivity (Wildman–Crippen MR) is 95.8 cm³/mol. The molecule has 1 atom stereocenters. The summed E-state index contributed by atoms with van der Waals surface area (Å²) >= 11 is 0. The van der Waals surface area contributed by atoms with Crippen molar-refractivity contribution in [1.29, 1.82) is 0 Å². The van der Waals surface area contributed by atoms with E-state index in [0.717, 1.165) is 37.9 Å². The van der Waals surface area contributed by atoms with Crippen LogP contribution in [0, 0.1) is 5.92 Å². The number of carbonyl (C=O) groups excluding carboxylic acids is 1. The molecule has 2 heterocycles. The zero-order chi connectivity index (χ0) is 16.7. The summed E-state index contributed by atoms with van der Waals surface area (Å²) in [5.74, 6) is 0.448. The number of nitrogens with zero attached hydrogens (tertiary/aromatic N) is 3. The van der Waals surface area contributed by atoms with E-state index in [1.54, 1.807) is 0 Å². The predicted octanol–water partition coefficient (Wildman–Crippen LogP) is 2.01. The number of hydrogen-bond donors (Lipinski definition) is 1. The molecule has 1 aliphatic heterocycles. The Hall–Kier alpha value is -2.14. The molecule has 0 bridgehead atoms. The van der Waals surface area contributed by atoms with Crippen molar-refractivity contribution >= 4 is 22.4 Å². The van der Waals surface area contributed by atoms with Gasteiger partial charge in [0.15, 0.2) is 0 Å². The molecule has 1 unspecified atom stereocenters. The van der Waals surface area contributed by atoms with Crippen LogP contribution >= 0.6 is 0 Å². The summed E-state index contributed by atoms with van der Waals surface area (Å²) in [6.45, 7) is 4.67. The van der Waals surface area contributed by atoms with E-state index in [1.807, 2.05) is 12.4 Å². The van der Waals surface area contributed by atoms with Gasteiger partial charge in [0.1, 0.15) is 0 Å². The van der Waals surface area contributed by atoms with E-state index >= 15 is 0 Å². The Kier molecular flexibility index (Phi) is 3.88. The maximum Gasteiger partial charge on any atom is 0.226 e. The van der Waals surface area contributed by atoms with E-state index in [0.29, 0.717) is 5.91 Å². The average molecular weight is 324 g/mol. The SMILES string of the molecule is CC1CN(c2cccc3cnccc23)CCN1C(=O)C1CC(N)C1. The molecule has 1 saturated carbocycles. The number of piperazine rings is 1. The van der Waals surface area contributed by atoms with Crippen LogP contribution in [0.3, 0.4) is 0 Å². The van der Waals surface area contributed by atoms with Gasteiger partial charge in [0.2, 0.25) is 5.91 Å². The molecule has 1 amide bonds. The molecule has 0 radical (unpaired) electrons. The summed E-state index contributed by atoms with van der Waals surface area (Å²) < 4.78 is 0. The highest BCUT2D eigenvalue weighted by molar-refractivity contribution is 5.93. The zero-order valence-corrected chi connectivity index (χ0v) is 14.1. The Balaban J connectivity index is 1.51. The van der Waals surface area contributed by atoms with Crippen molar-refractivity contribution in [3.8, 4) is 0 Å². The van der Waals surface area contributed by atoms with Gasteiger partial charge in [-0.15, -0.1) is 0 Å². The second-order valence-corrected chi connectivity index (χ2v) is 7.13. The van der Waals surface area contributed by atoms with Gasteiger partial charge in [-0.2, -0.15) is 0 Å². The number of benzene rings is 1. The van der Waals surface area contributed by atoms with Crippen molar-refractivity contribution in [2.45, 2.75) is 31.8 Å². The van der Waals surface area contributed by atoms with Crippen LogP contribution in [-0.4, -0.2) is 47.5 Å². The van der Waals surface area contributed by atoms with Crippen LogP contribution in [0.5, 0.6) is 0 Å². The summed E-state index contributed by atoms with van der Waals surface area (Å²) in [6.07, 6.45) is 5.45. The molecule has 2 N–H and O–H groups in total. The van der Waals surface area contributed by atoms with E-state index in [4.69, 9.17) is 5.73 Å². The molecule has 2 fully saturated rings. The van der Waals surface area contributed by atoms with Crippen LogP contribution in [0.15, 0.2) is 36.7 Å². The summed E-state index contributed by atoms with van der Waals surface area (Å²) in [5.41, 5.74) is 7.07. The van der Waals surface area contributed by atoms with Gasteiger partial charge in [-0.3, -0.25) is 9.78 Å². The first-order valence-corrected chi connectivity index (χ1v) is 8.77. The largest absolute Gasteiger partial charge is 0.367 e. The lowest BCUT2D eigenvalue weighted by Crippen LogP contribution is -2.57. The monoisotopic (exact) mass is 324 g/mol. The first-order valence-electron chi connectivity index (χ1n) is 8.77. The van der Waals surface area contributed by atoms with Crippen molar-refractivity contribution in [3.05, 3.63) is 36.7 Å². The molecule has 2 aromatic rings. The minimum absolute atomic E-state index is 0.151. The number of amides is 1. The van der Waals surface area contributed by atoms with Crippen LogP contribution in [0.1, 0.15) is 19.8 Å². The molecule has 0 spiro atoms. The van der Waals surface area contributed by atoms with Gasteiger partial charge >= 0.3 is 0 Å². The molecule has 5 nitrogen and oxygen atoms in total. The molecule has 5 heteroatoms. The molecule has 4 rings (SSSR count). The summed E-state index contributed by atoms with van der Waals surface area (Å²) in [4.78, 5) is 21.3. The lowest BCUT2D eigenvalue weighted by atomic mass is 9.79. The molecule has 126 valence electrons. The smallest absolute Gasteiger partial charge is 0.226 e. The lowest BCUT2D eigenvalue weighted by molar-refractivity contribution is -0.141. The lowest BCUT2D eigenvalue weighted by Gasteiger charge is -2.44. The van der Waals surface area contributed by atoms with E-state index in [-0.39, 0.29) is 18.0 Å². The molecule has 1 saturated heterocycles. The number of hydrogen-bond acceptors (Lipinski definition) is 4. The first-order chi connectivity index (χ1) is 11.6. The standard InChI is InChI=1S/C19H24N4O/c1-13-12-22(7-8-23(13)19(24)15-9-16(20)10-15)18-4-2-3-14-11-21-6-5-17(14)18/h2-6,11,13,15-16H,7-10,12,20H2,1H3. The zero-order valence-electron chi connectivity index (χ0n) is 14.1. The minimum Gasteiger partial charge on any atom is -0.367 e. The first kappa shape index (κ1) is 15.4. The van der Waals surface area contributed by atoms with Gasteiger partial charge in [0, 0.05) is 66.5 Å². The Bertz CT molecular complexity index is 751. The van der Waals surface area contributed by atoms with Crippen LogP contribution in [0.4, 0.5) is 5.69 Å². The van der Waals surface area contributed by atoms with Crippen molar-refractivity contribution < 1.29 is 4.79 Å². The number of fused-ring (bicyclic) bond motifs is 1. The van der Waals surface area contributed by atoms with Crippen LogP contribution < -0.4 is 10.6 Å². The Labute approximate surface area is 142 Å². The molecular formula is C19H24N4O. The second kappa shape index (κ2) is 6.06. The highest BCUT2D eigenvalue weighted by Crippen LogP contribution is 2.31. The molecule has 1 aliphatic carbocycles. The summed E-state index contributed by atoms with van der Waals surface area (Å²) in [5, 5.41) is 2.38. The van der Waals surface area contributed by atoms with Gasteiger partial charge in [-0.05, 0) is 31.9 Å². The fourth-order valence-electron chi connectivity index (χ4n) is 3.98. The highest BCUT2D eigenvalue weighted by atomic mass is 16.2. The molecule has 2 aliphatic rings. The normalized spacial score (nSPS) is 27.2. The van der Waals surface area contributed by atoms with Gasteiger partial charge in [0.05, 0.1) is 0 Å². The van der Waals surface area contributed by atoms with Gasteiger partial charge in [-0.1, -0.05) is 12.1 Å². The second-order valence-electron chi connectivity index (χ2n) is 7.13. The Morgan fingerprint density at radius 3 is 2.83 bits per heavy atom. The molecule has 1 aromatic heterocycles. The maximum absolute atomic E-state index is 12.6. The van der Waals surface area contributed by atoms with Gasteiger partial charge in [-0.25, -0.2) is 0 Å². The minimum atomic E-state index is 0.151. The maximum atomic E-state index is 12.6. The fraction of sp³-hybridized carbons (Fsp3) is 0.474. The number of nitrogens with two attached hydrogens (primary N) is 1. The number of anilines is 1. The van der Waals surface area contributed by atoms with Crippen molar-refractivity contribution in [1.82, 2.24) is 9.88 Å². The van der Waals surface area contributed by atoms with E-state index in [9.17, 15) is 4.79 Å². The number of rotatable bonds is 2. The van der Waals surface area contributed by atoms with E-state index < -0.39 is 0 Å². The highest BCUT2D eigenvalue weighted by Gasteiger charge is 2.38. The number of pyridine rings is 1. The third kappa shape index (κ3) is 2.63. The average Bonchev–Trinajstić information content (AvgIpc) is 2.58. The fourth-order valence-corrected chi connectivity index (χ4v) is 3.98. The van der Waals surface area contributed by atoms with Crippen LogP contribution in [-0.2, 0) is 4.79 Å². The van der Waals surface area contributed by atoms with Gasteiger partial charge in [0.25, 0.3) is 0 Å². The topological polar surface area (TPSA) is 62.5 Å². The third-order valence-electron chi connectivity index (χ3n) is 5.43. The number of aromatic nitrogens is 1. The quantitative estimate of drug-likeness (QED) is 0.918. The Morgan fingerprint density at radius 2 is 2.08 bits per heavy atom. The van der Waals surface area contributed by atoms with E-state index in [2.05, 4.69) is 46.0 Å². The van der Waals surface area contributed by atoms with Crippen LogP contribution in [0.25, 0.3) is 10.8 Å². The molecular weight excluding hydrogens is 300 g/mol. The van der Waals surface area contributed by atoms with E-state index in [1.165, 1.54) is 11.1 Å². The van der Waals surface area contributed by atoms with Crippen LogP contribution in [0.2, 0.25) is 0 Å². The molecule has 24 heavy (non-hydrogen) atoms. The van der Waals surface area contributed by atoms with Crippen molar-refractivity contribution in [2.24, 2.45) is 11.7 Å². The van der Waals surface area contributed by atoms with Gasteiger partial charge < -0.3 is 15.5 Å². The van der Waals surface area contributed by atoms with Crippen molar-refractivity contribution in [3.63, 3.8) is 0 Å². The summed E-state index contributed by atoms with van der Waals surface area (Å²) in [7, 11) is 0. The van der Waals surface area contributed by atoms with Crippen molar-refractivity contribution in [2.75, 3.05) is 24.5 Å². The number of carbonyl (C=O) groups is 1. The molecule has 1 aromatic carbocycles. The summed E-state index contributed by atoms with van der Waals surface area (Å²) in [6, 6.07) is 8.85.